The van der Waals surface area contributed by atoms with Crippen molar-refractivity contribution in [1.29, 1.82) is 5.41 Å². The van der Waals surface area contributed by atoms with Crippen molar-refractivity contribution < 1.29 is 33.2 Å². The van der Waals surface area contributed by atoms with Gasteiger partial charge in [0.25, 0.3) is 11.6 Å². The Labute approximate surface area is 170 Å². The average Bonchev–Trinajstić information content (AvgIpc) is 3.13. The van der Waals surface area contributed by atoms with Crippen molar-refractivity contribution in [2.24, 2.45) is 0 Å². The number of hydrogen-bond donors (Lipinski definition) is 5. The third-order valence-corrected chi connectivity index (χ3v) is 3.62. The molecule has 2 aromatic carbocycles. The quantitative estimate of drug-likeness (QED) is 0.140. The molecular weight excluding hydrogens is 416 g/mol. The van der Waals surface area contributed by atoms with Crippen LogP contribution in [0.2, 0.25) is 5.02 Å². The number of nitrogens with zero attached hydrogens (tertiary/aromatic N) is 1. The second-order valence-electron chi connectivity index (χ2n) is 5.70. The summed E-state index contributed by atoms with van der Waals surface area (Å²) >= 11 is 1.44. The Morgan fingerprint density at radius 1 is 1.29 bits per heavy atom. The van der Waals surface area contributed by atoms with Gasteiger partial charge < -0.3 is 10.3 Å². The van der Waals surface area contributed by atoms with Crippen LogP contribution in [0.25, 0.3) is 10.9 Å². The molecule has 0 aliphatic heterocycles. The molecule has 1 amide bonds. The fourth-order valence-corrected chi connectivity index (χ4v) is 2.40. The number of nitrogens with one attached hydrogen (secondary N) is 4. The molecule has 28 heavy (non-hydrogen) atoms. The number of aromatic amines is 1. The van der Waals surface area contributed by atoms with E-state index in [1.54, 1.807) is 41.9 Å². The van der Waals surface area contributed by atoms with Gasteiger partial charge in [-0.05, 0) is 30.3 Å². The molecular formula is C18H18N5O4Zn. The number of amides is 1. The summed E-state index contributed by atoms with van der Waals surface area (Å²) < 4.78 is 0. The number of aromatic nitrogens is 1. The molecule has 5 N–H and O–H groups in total. The Hall–Kier alpha value is -3.10. The molecule has 0 unspecified atom stereocenters. The van der Waals surface area contributed by atoms with E-state index in [1.165, 1.54) is 35.5 Å². The Balaban J connectivity index is 0.000000878. The van der Waals surface area contributed by atoms with Crippen LogP contribution in [0.4, 0.5) is 11.4 Å². The zero-order valence-corrected chi connectivity index (χ0v) is 18.1. The van der Waals surface area contributed by atoms with Crippen molar-refractivity contribution in [2.45, 2.75) is 11.9 Å². The second-order valence-corrected chi connectivity index (χ2v) is 7.80. The van der Waals surface area contributed by atoms with E-state index in [0.717, 1.165) is 0 Å². The van der Waals surface area contributed by atoms with Crippen LogP contribution in [0, 0.1) is 15.5 Å². The molecule has 9 nitrogen and oxygen atoms in total. The van der Waals surface area contributed by atoms with Gasteiger partial charge in [-0.2, -0.15) is 0 Å². The number of hydroxylamine groups is 1. The first-order valence-electron chi connectivity index (χ1n) is 8.37. The first-order chi connectivity index (χ1) is 13.4. The number of fused-ring (bicyclic) bond motifs is 1. The number of carbonyl (C=O) groups is 1. The predicted molar refractivity (Wildman–Crippen MR) is 102 cm³/mol. The molecule has 0 bridgehead atoms. The van der Waals surface area contributed by atoms with Gasteiger partial charge >= 0.3 is 30.2 Å². The number of non-ortho nitro benzene ring substituents is 1. The monoisotopic (exact) mass is 432 g/mol. The van der Waals surface area contributed by atoms with Gasteiger partial charge in [0.05, 0.1) is 4.92 Å². The van der Waals surface area contributed by atoms with Crippen molar-refractivity contribution in [3.63, 3.8) is 0 Å². The molecule has 1 aromatic heterocycles. The van der Waals surface area contributed by atoms with Gasteiger partial charge in [0.2, 0.25) is 0 Å². The van der Waals surface area contributed by atoms with E-state index < -0.39 is 10.8 Å². The van der Waals surface area contributed by atoms with Gasteiger partial charge in [0, 0.05) is 22.7 Å². The molecule has 1 heterocycles. The van der Waals surface area contributed by atoms with Crippen molar-refractivity contribution in [3.8, 4) is 0 Å². The summed E-state index contributed by atoms with van der Waals surface area (Å²) in [5.41, 5.74) is 3.04. The minimum absolute atomic E-state index is 0.101. The Morgan fingerprint density at radius 2 is 1.93 bits per heavy atom. The average molecular weight is 434 g/mol. The Bertz CT molecular complexity index is 1000. The maximum absolute atomic E-state index is 12.3. The first-order valence-corrected chi connectivity index (χ1v) is 10.5. The Morgan fingerprint density at radius 3 is 2.50 bits per heavy atom. The minimum Gasteiger partial charge on any atom is -0.345 e. The van der Waals surface area contributed by atoms with Crippen molar-refractivity contribution >= 4 is 34.0 Å². The zero-order chi connectivity index (χ0) is 20.7. The third-order valence-electron chi connectivity index (χ3n) is 3.62. The maximum Gasteiger partial charge on any atom is 0.293 e. The van der Waals surface area contributed by atoms with E-state index in [0.29, 0.717) is 16.6 Å². The molecule has 0 atom stereocenters. The van der Waals surface area contributed by atoms with Crippen molar-refractivity contribution in [3.05, 3.63) is 69.9 Å². The zero-order valence-electron chi connectivity index (χ0n) is 15.2. The molecule has 0 saturated carbocycles. The summed E-state index contributed by atoms with van der Waals surface area (Å²) in [5, 5.41) is 31.8. The van der Waals surface area contributed by atoms with Gasteiger partial charge in [-0.1, -0.05) is 12.1 Å². The summed E-state index contributed by atoms with van der Waals surface area (Å²) in [4.78, 5) is 25.6. The molecule has 0 saturated heterocycles. The minimum atomic E-state index is -0.511. The summed E-state index contributed by atoms with van der Waals surface area (Å²) in [5.74, 6) is -0.616. The summed E-state index contributed by atoms with van der Waals surface area (Å²) in [6.07, 6.45) is 0. The van der Waals surface area contributed by atoms with Crippen molar-refractivity contribution in [2.75, 3.05) is 5.32 Å². The number of nitro groups is 1. The van der Waals surface area contributed by atoms with Gasteiger partial charge in [-0.15, -0.1) is 0 Å². The number of para-hydroxylation sites is 1. The van der Waals surface area contributed by atoms with E-state index in [1.807, 2.05) is 0 Å². The third kappa shape index (κ3) is 4.99. The second kappa shape index (κ2) is 9.73. The van der Waals surface area contributed by atoms with Crippen LogP contribution in [0.1, 0.15) is 23.0 Å². The molecule has 0 fully saturated rings. The molecule has 0 radical (unpaired) electrons. The van der Waals surface area contributed by atoms with Crippen LogP contribution in [0.15, 0.2) is 48.5 Å². The number of anilines is 1. The molecule has 0 aliphatic carbocycles. The van der Waals surface area contributed by atoms with Gasteiger partial charge in [0.15, 0.2) is 0 Å². The fraction of sp³-hybridized carbons (Fsp3) is 0.111. The summed E-state index contributed by atoms with van der Waals surface area (Å²) in [6, 6.07) is 12.4. The van der Waals surface area contributed by atoms with Gasteiger partial charge in [0.1, 0.15) is 17.0 Å². The van der Waals surface area contributed by atoms with E-state index in [9.17, 15) is 14.9 Å². The number of nitro benzene ring substituents is 1. The van der Waals surface area contributed by atoms with Crippen LogP contribution in [0.5, 0.6) is 0 Å². The van der Waals surface area contributed by atoms with Crippen LogP contribution in [-0.4, -0.2) is 26.9 Å². The standard InChI is InChI=1S/C16H13N5O4.C2H5.Zn/c17-15(20-23)9-4-6-11(7-5-9)18-16(22)12-8-10-2-1-3-13(21(24)25)14(10)19-12;1-2;/h1-8,19,23H,(H2,17,20)(H,18,22);1H2,2H3;. The van der Waals surface area contributed by atoms with Crippen LogP contribution in [-0.2, 0) is 18.3 Å². The van der Waals surface area contributed by atoms with Gasteiger partial charge in [-0.3, -0.25) is 31.0 Å². The number of hydrogen-bond acceptors (Lipinski definition) is 5. The fourth-order valence-electron chi connectivity index (χ4n) is 2.40. The molecule has 0 aliphatic rings. The molecule has 0 spiro atoms. The number of rotatable bonds is 4. The smallest absolute Gasteiger partial charge is 0.293 e. The number of H-pyrrole nitrogens is 1. The van der Waals surface area contributed by atoms with Gasteiger partial charge in [-0.25, -0.2) is 0 Å². The molecule has 141 valence electrons. The number of carbonyl (C=O) groups excluding carboxylic acids is 1. The van der Waals surface area contributed by atoms with Crippen LogP contribution < -0.4 is 10.8 Å². The number of benzene rings is 2. The summed E-state index contributed by atoms with van der Waals surface area (Å²) in [7, 11) is 0. The van der Waals surface area contributed by atoms with E-state index >= 15 is 0 Å². The topological polar surface area (TPSA) is 144 Å². The predicted octanol–water partition coefficient (Wildman–Crippen LogP) is 3.60. The SMILES string of the molecule is C[CH2][Zn].N=C(NO)c1ccc(NC(=O)c2cc3cccc([N+](=O)[O-])c3[nH]2)cc1. The molecule has 3 aromatic rings. The largest absolute Gasteiger partial charge is 0.345 e. The van der Waals surface area contributed by atoms with E-state index in [4.69, 9.17) is 10.6 Å². The first kappa shape index (κ1) is 21.2. The van der Waals surface area contributed by atoms with Crippen LogP contribution in [0.3, 0.4) is 0 Å². The van der Waals surface area contributed by atoms with Crippen molar-refractivity contribution in [1.82, 2.24) is 10.5 Å². The van der Waals surface area contributed by atoms with E-state index in [2.05, 4.69) is 17.2 Å². The molecule has 10 heteroatoms. The normalized spacial score (nSPS) is 10.0. The number of amidine groups is 1. The molecule has 3 rings (SSSR count). The Kier molecular flexibility index (Phi) is 7.37. The van der Waals surface area contributed by atoms with E-state index in [-0.39, 0.29) is 22.7 Å². The maximum atomic E-state index is 12.3. The summed E-state index contributed by atoms with van der Waals surface area (Å²) in [6.45, 7) is 2.18. The van der Waals surface area contributed by atoms with Crippen LogP contribution >= 0.6 is 0 Å².